The number of nitrogens with zero attached hydrogens (tertiary/aromatic N) is 1. The molecule has 0 bridgehead atoms. The van der Waals surface area contributed by atoms with Gasteiger partial charge in [-0.25, -0.2) is 8.42 Å². The molecule has 0 unspecified atom stereocenters. The standard InChI is InChI=1S/C25H31N3O6S/c1-16(2)26-25(30)23(27-24(29)19-6-9-21-22(14-19)34-15-33-21)18-10-12-28(13-11-18)35(31,32)20-7-4-17(3)5-8-20/h4-9,14,16,18,23H,10-13,15H2,1-3H3,(H,26,30)(H,27,29)/t23-/m0/s1. The summed E-state index contributed by atoms with van der Waals surface area (Å²) in [6.07, 6.45) is 0.894. The molecule has 1 saturated heterocycles. The number of amides is 2. The van der Waals surface area contributed by atoms with E-state index >= 15 is 0 Å². The van der Waals surface area contributed by atoms with Crippen molar-refractivity contribution in [3.8, 4) is 11.5 Å². The summed E-state index contributed by atoms with van der Waals surface area (Å²) in [6, 6.07) is 10.8. The van der Waals surface area contributed by atoms with Gasteiger partial charge in [-0.1, -0.05) is 17.7 Å². The number of ether oxygens (including phenoxy) is 2. The van der Waals surface area contributed by atoms with Crippen molar-refractivity contribution in [1.29, 1.82) is 0 Å². The minimum absolute atomic E-state index is 0.101. The second-order valence-corrected chi connectivity index (χ2v) is 11.2. The van der Waals surface area contributed by atoms with Gasteiger partial charge in [0.05, 0.1) is 4.90 Å². The Hall–Kier alpha value is -3.11. The van der Waals surface area contributed by atoms with E-state index in [2.05, 4.69) is 10.6 Å². The summed E-state index contributed by atoms with van der Waals surface area (Å²) >= 11 is 0. The van der Waals surface area contributed by atoms with Crippen LogP contribution >= 0.6 is 0 Å². The van der Waals surface area contributed by atoms with Crippen molar-refractivity contribution >= 4 is 21.8 Å². The molecule has 0 aliphatic carbocycles. The molecule has 10 heteroatoms. The molecule has 2 aromatic rings. The van der Waals surface area contributed by atoms with Crippen molar-refractivity contribution in [2.45, 2.75) is 50.6 Å². The van der Waals surface area contributed by atoms with Crippen molar-refractivity contribution in [3.63, 3.8) is 0 Å². The molecule has 0 aromatic heterocycles. The van der Waals surface area contributed by atoms with Crippen molar-refractivity contribution in [3.05, 3.63) is 53.6 Å². The quantitative estimate of drug-likeness (QED) is 0.603. The van der Waals surface area contributed by atoms with E-state index in [1.54, 1.807) is 42.5 Å². The number of nitrogens with one attached hydrogen (secondary N) is 2. The van der Waals surface area contributed by atoms with Crippen molar-refractivity contribution in [2.75, 3.05) is 19.9 Å². The zero-order valence-electron chi connectivity index (χ0n) is 20.1. The van der Waals surface area contributed by atoms with Crippen LogP contribution in [0.15, 0.2) is 47.4 Å². The molecule has 1 fully saturated rings. The Morgan fingerprint density at radius 2 is 1.63 bits per heavy atom. The first-order valence-corrected chi connectivity index (χ1v) is 13.2. The second kappa shape index (κ2) is 10.2. The minimum atomic E-state index is -3.62. The van der Waals surface area contributed by atoms with Gasteiger partial charge in [-0.3, -0.25) is 9.59 Å². The molecule has 0 saturated carbocycles. The molecule has 1 atom stereocenters. The average Bonchev–Trinajstić information content (AvgIpc) is 3.30. The fourth-order valence-electron chi connectivity index (χ4n) is 4.34. The van der Waals surface area contributed by atoms with E-state index in [-0.39, 0.29) is 42.6 Å². The lowest BCUT2D eigenvalue weighted by Crippen LogP contribution is -2.54. The number of hydrogen-bond donors (Lipinski definition) is 2. The van der Waals surface area contributed by atoms with Crippen LogP contribution in [0.1, 0.15) is 42.6 Å². The highest BCUT2D eigenvalue weighted by atomic mass is 32.2. The van der Waals surface area contributed by atoms with Gasteiger partial charge in [0, 0.05) is 24.7 Å². The Bertz CT molecular complexity index is 1190. The van der Waals surface area contributed by atoms with Gasteiger partial charge in [-0.15, -0.1) is 0 Å². The fraction of sp³-hybridized carbons (Fsp3) is 0.440. The lowest BCUT2D eigenvalue weighted by Gasteiger charge is -2.35. The smallest absolute Gasteiger partial charge is 0.252 e. The van der Waals surface area contributed by atoms with Crippen molar-refractivity contribution in [2.24, 2.45) is 5.92 Å². The molecule has 4 rings (SSSR count). The molecule has 0 radical (unpaired) electrons. The molecule has 0 spiro atoms. The van der Waals surface area contributed by atoms with Crippen molar-refractivity contribution in [1.82, 2.24) is 14.9 Å². The summed E-state index contributed by atoms with van der Waals surface area (Å²) in [5, 5.41) is 5.76. The average molecular weight is 502 g/mol. The van der Waals surface area contributed by atoms with E-state index in [0.717, 1.165) is 5.56 Å². The van der Waals surface area contributed by atoms with Crippen LogP contribution in [0.2, 0.25) is 0 Å². The minimum Gasteiger partial charge on any atom is -0.454 e. The topological polar surface area (TPSA) is 114 Å². The monoisotopic (exact) mass is 501 g/mol. The molecule has 2 aromatic carbocycles. The third kappa shape index (κ3) is 5.59. The number of piperidine rings is 1. The number of aryl methyl sites for hydroxylation is 1. The summed E-state index contributed by atoms with van der Waals surface area (Å²) in [5.41, 5.74) is 1.34. The van der Waals surface area contributed by atoms with Crippen LogP contribution in [0, 0.1) is 12.8 Å². The van der Waals surface area contributed by atoms with Gasteiger partial charge >= 0.3 is 0 Å². The molecule has 35 heavy (non-hydrogen) atoms. The maximum atomic E-state index is 13.1. The van der Waals surface area contributed by atoms with Crippen LogP contribution in [0.4, 0.5) is 0 Å². The fourth-order valence-corrected chi connectivity index (χ4v) is 5.81. The highest BCUT2D eigenvalue weighted by Crippen LogP contribution is 2.33. The predicted octanol–water partition coefficient (Wildman–Crippen LogP) is 2.45. The van der Waals surface area contributed by atoms with Gasteiger partial charge in [-0.05, 0) is 69.9 Å². The van der Waals surface area contributed by atoms with Crippen LogP contribution in [0.25, 0.3) is 0 Å². The van der Waals surface area contributed by atoms with E-state index in [1.165, 1.54) is 4.31 Å². The molecule has 2 amide bonds. The van der Waals surface area contributed by atoms with Crippen LogP contribution in [0.3, 0.4) is 0 Å². The molecule has 188 valence electrons. The summed E-state index contributed by atoms with van der Waals surface area (Å²) in [4.78, 5) is 26.3. The van der Waals surface area contributed by atoms with E-state index in [9.17, 15) is 18.0 Å². The summed E-state index contributed by atoms with van der Waals surface area (Å²) < 4.78 is 38.2. The molecular formula is C25H31N3O6S. The number of hydrogen-bond acceptors (Lipinski definition) is 6. The number of fused-ring (bicyclic) bond motifs is 1. The predicted molar refractivity (Wildman–Crippen MR) is 130 cm³/mol. The first-order chi connectivity index (χ1) is 16.6. The van der Waals surface area contributed by atoms with E-state index < -0.39 is 22.0 Å². The maximum Gasteiger partial charge on any atom is 0.252 e. The normalized spacial score (nSPS) is 17.3. The van der Waals surface area contributed by atoms with Gasteiger partial charge in [0.2, 0.25) is 22.7 Å². The van der Waals surface area contributed by atoms with E-state index in [4.69, 9.17) is 9.47 Å². The van der Waals surface area contributed by atoms with E-state index in [0.29, 0.717) is 29.9 Å². The highest BCUT2D eigenvalue weighted by molar-refractivity contribution is 7.89. The van der Waals surface area contributed by atoms with Crippen LogP contribution in [-0.4, -0.2) is 56.5 Å². The number of sulfonamides is 1. The molecule has 2 aliphatic rings. The maximum absolute atomic E-state index is 13.1. The second-order valence-electron chi connectivity index (χ2n) is 9.24. The highest BCUT2D eigenvalue weighted by Gasteiger charge is 2.36. The van der Waals surface area contributed by atoms with Crippen LogP contribution in [-0.2, 0) is 14.8 Å². The van der Waals surface area contributed by atoms with Gasteiger partial charge in [0.1, 0.15) is 6.04 Å². The Labute approximate surface area is 205 Å². The van der Waals surface area contributed by atoms with Gasteiger partial charge in [0.15, 0.2) is 11.5 Å². The zero-order valence-corrected chi connectivity index (χ0v) is 20.9. The van der Waals surface area contributed by atoms with Crippen molar-refractivity contribution < 1.29 is 27.5 Å². The van der Waals surface area contributed by atoms with Crippen LogP contribution < -0.4 is 20.1 Å². The third-order valence-electron chi connectivity index (χ3n) is 6.26. The zero-order chi connectivity index (χ0) is 25.2. The number of rotatable bonds is 7. The lowest BCUT2D eigenvalue weighted by molar-refractivity contribution is -0.125. The Morgan fingerprint density at radius 1 is 0.971 bits per heavy atom. The first-order valence-electron chi connectivity index (χ1n) is 11.7. The molecule has 2 aliphatic heterocycles. The van der Waals surface area contributed by atoms with Gasteiger partial charge < -0.3 is 20.1 Å². The summed E-state index contributed by atoms with van der Waals surface area (Å²) in [6.45, 7) is 6.25. The largest absolute Gasteiger partial charge is 0.454 e. The number of carbonyl (C=O) groups is 2. The Morgan fingerprint density at radius 3 is 2.29 bits per heavy atom. The number of benzene rings is 2. The third-order valence-corrected chi connectivity index (χ3v) is 8.18. The van der Waals surface area contributed by atoms with Gasteiger partial charge in [0.25, 0.3) is 5.91 Å². The first kappa shape index (κ1) is 25.0. The Kier molecular flexibility index (Phi) is 7.32. The molecular weight excluding hydrogens is 470 g/mol. The lowest BCUT2D eigenvalue weighted by atomic mass is 9.89. The van der Waals surface area contributed by atoms with Gasteiger partial charge in [-0.2, -0.15) is 4.31 Å². The molecule has 2 heterocycles. The molecule has 9 nitrogen and oxygen atoms in total. The number of carbonyl (C=O) groups excluding carboxylic acids is 2. The summed E-state index contributed by atoms with van der Waals surface area (Å²) in [5.74, 6) is 0.153. The van der Waals surface area contributed by atoms with Crippen LogP contribution in [0.5, 0.6) is 11.5 Å². The summed E-state index contributed by atoms with van der Waals surface area (Å²) in [7, 11) is -3.62. The Balaban J connectivity index is 1.47. The van der Waals surface area contributed by atoms with E-state index in [1.807, 2.05) is 20.8 Å². The molecule has 2 N–H and O–H groups in total. The SMILES string of the molecule is Cc1ccc(S(=O)(=O)N2CCC([C@H](NC(=O)c3ccc4c(c3)OCO4)C(=O)NC(C)C)CC2)cc1.